The molecule has 3 heterocycles. The zero-order valence-electron chi connectivity index (χ0n) is 20.0. The summed E-state index contributed by atoms with van der Waals surface area (Å²) >= 11 is 0. The van der Waals surface area contributed by atoms with Crippen molar-refractivity contribution >= 4 is 5.82 Å². The predicted molar refractivity (Wildman–Crippen MR) is 134 cm³/mol. The molecule has 1 fully saturated rings. The number of imidazole rings is 1. The lowest BCUT2D eigenvalue weighted by Crippen LogP contribution is -2.40. The summed E-state index contributed by atoms with van der Waals surface area (Å²) < 4.78 is 29.6. The van der Waals surface area contributed by atoms with E-state index in [-0.39, 0.29) is 17.4 Å². The van der Waals surface area contributed by atoms with Crippen LogP contribution in [0, 0.1) is 17.1 Å². The van der Waals surface area contributed by atoms with Gasteiger partial charge in [0, 0.05) is 24.7 Å². The van der Waals surface area contributed by atoms with Gasteiger partial charge in [-0.25, -0.2) is 23.7 Å². The highest BCUT2D eigenvalue weighted by Crippen LogP contribution is 2.41. The van der Waals surface area contributed by atoms with E-state index >= 15 is 0 Å². The Morgan fingerprint density at radius 1 is 1.19 bits per heavy atom. The maximum Gasteiger partial charge on any atom is 0.147 e. The van der Waals surface area contributed by atoms with Gasteiger partial charge in [-0.2, -0.15) is 5.26 Å². The molecule has 1 aliphatic carbocycles. The van der Waals surface area contributed by atoms with Gasteiger partial charge in [0.1, 0.15) is 40.7 Å². The fraction of sp³-hybridized carbons (Fsp3) is 0.333. The van der Waals surface area contributed by atoms with Crippen LogP contribution in [0.15, 0.2) is 54.6 Å². The summed E-state index contributed by atoms with van der Waals surface area (Å²) in [6.45, 7) is 3.43. The molecule has 7 nitrogen and oxygen atoms in total. The van der Waals surface area contributed by atoms with Crippen LogP contribution >= 0.6 is 0 Å². The average Bonchev–Trinajstić information content (AvgIpc) is 3.40. The van der Waals surface area contributed by atoms with Crippen LogP contribution in [0.5, 0.6) is 0 Å². The first-order valence-corrected chi connectivity index (χ1v) is 12.1. The number of aromatic nitrogens is 4. The van der Waals surface area contributed by atoms with Crippen LogP contribution in [0.3, 0.4) is 0 Å². The number of nitrogens with two attached hydrogens (primary N) is 1. The Labute approximate surface area is 208 Å². The molecule has 1 atom stereocenters. The first-order valence-electron chi connectivity index (χ1n) is 12.1. The molecule has 184 valence electrons. The summed E-state index contributed by atoms with van der Waals surface area (Å²) in [5.41, 5.74) is 7.11. The normalized spacial score (nSPS) is 20.3. The molecule has 0 bridgehead atoms. The number of nitrogens with zero attached hydrogens (tertiary/aromatic N) is 5. The van der Waals surface area contributed by atoms with Crippen molar-refractivity contribution in [2.24, 2.45) is 5.73 Å². The summed E-state index contributed by atoms with van der Waals surface area (Å²) in [5.74, 6) is 0.300. The quantitative estimate of drug-likeness (QED) is 0.528. The van der Waals surface area contributed by atoms with Gasteiger partial charge in [0.25, 0.3) is 0 Å². The second-order valence-corrected chi connectivity index (χ2v) is 9.28. The number of anilines is 1. The van der Waals surface area contributed by atoms with Gasteiger partial charge in [-0.15, -0.1) is 0 Å². The van der Waals surface area contributed by atoms with Crippen molar-refractivity contribution in [1.82, 2.24) is 19.9 Å². The summed E-state index contributed by atoms with van der Waals surface area (Å²) in [6.07, 6.45) is 11.1. The van der Waals surface area contributed by atoms with Crippen LogP contribution < -0.4 is 10.6 Å². The minimum absolute atomic E-state index is 0.0456. The standard InChI is InChI=1S/C27H27F2N7/c1-2-27(10-4-3-5-22(27)29)26-33-15-21(34-26)25-24(17-6-7-18(14-30)20(28)13-17)35-23(16-32-25)36-11-8-19(31)9-12-36/h3-7,13,15-16,19H,2,8-12,31H2,1H3,(H,33,34). The van der Waals surface area contributed by atoms with Gasteiger partial charge < -0.3 is 15.6 Å². The van der Waals surface area contributed by atoms with Gasteiger partial charge in [0.05, 0.1) is 29.1 Å². The minimum atomic E-state index is -0.867. The second-order valence-electron chi connectivity index (χ2n) is 9.28. The molecular weight excluding hydrogens is 460 g/mol. The molecular formula is C27H27F2N7. The van der Waals surface area contributed by atoms with E-state index in [0.29, 0.717) is 47.1 Å². The van der Waals surface area contributed by atoms with E-state index in [9.17, 15) is 8.78 Å². The Bertz CT molecular complexity index is 1380. The number of benzene rings is 1. The largest absolute Gasteiger partial charge is 0.355 e. The van der Waals surface area contributed by atoms with Crippen molar-refractivity contribution in [3.63, 3.8) is 0 Å². The molecule has 36 heavy (non-hydrogen) atoms. The van der Waals surface area contributed by atoms with Crippen molar-refractivity contribution < 1.29 is 8.78 Å². The molecule has 0 radical (unpaired) electrons. The van der Waals surface area contributed by atoms with Gasteiger partial charge in [0.2, 0.25) is 0 Å². The fourth-order valence-corrected chi connectivity index (χ4v) is 4.87. The average molecular weight is 488 g/mol. The molecule has 0 spiro atoms. The molecule has 0 saturated carbocycles. The number of nitrogens with one attached hydrogen (secondary N) is 1. The highest BCUT2D eigenvalue weighted by atomic mass is 19.1. The van der Waals surface area contributed by atoms with Gasteiger partial charge >= 0.3 is 0 Å². The van der Waals surface area contributed by atoms with E-state index in [1.807, 2.05) is 19.1 Å². The molecule has 1 saturated heterocycles. The molecule has 3 aromatic rings. The van der Waals surface area contributed by atoms with E-state index < -0.39 is 11.2 Å². The highest BCUT2D eigenvalue weighted by molar-refractivity contribution is 5.77. The topological polar surface area (TPSA) is 108 Å². The molecule has 2 aromatic heterocycles. The summed E-state index contributed by atoms with van der Waals surface area (Å²) in [4.78, 5) is 19.5. The lowest BCUT2D eigenvalue weighted by molar-refractivity contribution is 0.367. The lowest BCUT2D eigenvalue weighted by Gasteiger charge is -2.31. The van der Waals surface area contributed by atoms with E-state index in [1.165, 1.54) is 18.2 Å². The second kappa shape index (κ2) is 9.63. The molecule has 0 amide bonds. The van der Waals surface area contributed by atoms with Gasteiger partial charge in [-0.3, -0.25) is 0 Å². The van der Waals surface area contributed by atoms with E-state index in [0.717, 1.165) is 25.9 Å². The predicted octanol–water partition coefficient (Wildman–Crippen LogP) is 4.93. The van der Waals surface area contributed by atoms with Crippen LogP contribution in [0.1, 0.15) is 44.0 Å². The molecule has 9 heteroatoms. The number of piperidine rings is 1. The molecule has 1 aliphatic heterocycles. The number of nitriles is 1. The molecule has 5 rings (SSSR count). The maximum absolute atomic E-state index is 15.0. The third kappa shape index (κ3) is 4.18. The number of aromatic amines is 1. The zero-order chi connectivity index (χ0) is 25.3. The Kier molecular flexibility index (Phi) is 6.37. The first kappa shape index (κ1) is 23.8. The Hall–Kier alpha value is -3.90. The van der Waals surface area contributed by atoms with E-state index in [1.54, 1.807) is 24.5 Å². The number of rotatable bonds is 5. The number of hydrogen-bond acceptors (Lipinski definition) is 6. The van der Waals surface area contributed by atoms with E-state index in [2.05, 4.69) is 14.9 Å². The van der Waals surface area contributed by atoms with Crippen LogP contribution in [-0.2, 0) is 5.41 Å². The van der Waals surface area contributed by atoms with Crippen LogP contribution in [0.2, 0.25) is 0 Å². The van der Waals surface area contributed by atoms with E-state index in [4.69, 9.17) is 21.0 Å². The Morgan fingerprint density at radius 2 is 2.00 bits per heavy atom. The molecule has 3 N–H and O–H groups in total. The first-order chi connectivity index (χ1) is 17.4. The highest BCUT2D eigenvalue weighted by Gasteiger charge is 2.38. The van der Waals surface area contributed by atoms with Crippen molar-refractivity contribution in [2.45, 2.75) is 44.1 Å². The van der Waals surface area contributed by atoms with Crippen molar-refractivity contribution in [1.29, 1.82) is 5.26 Å². The molecule has 2 aliphatic rings. The maximum atomic E-state index is 15.0. The smallest absolute Gasteiger partial charge is 0.147 e. The van der Waals surface area contributed by atoms with Gasteiger partial charge in [-0.05, 0) is 43.9 Å². The number of hydrogen-bond donors (Lipinski definition) is 2. The summed E-state index contributed by atoms with van der Waals surface area (Å²) in [6, 6.07) is 6.40. The lowest BCUT2D eigenvalue weighted by atomic mass is 9.77. The van der Waals surface area contributed by atoms with Crippen molar-refractivity contribution in [2.75, 3.05) is 18.0 Å². The SMILES string of the molecule is CCC1(c2ncc(-c3ncc(N4CCC(N)CC4)nc3-c3ccc(C#N)c(F)c3)[nH]2)CC=CC=C1F. The van der Waals surface area contributed by atoms with Crippen molar-refractivity contribution in [3.8, 4) is 28.7 Å². The Balaban J connectivity index is 1.60. The van der Waals surface area contributed by atoms with Crippen LogP contribution in [0.25, 0.3) is 22.6 Å². The van der Waals surface area contributed by atoms with Crippen molar-refractivity contribution in [3.05, 3.63) is 71.9 Å². The van der Waals surface area contributed by atoms with Gasteiger partial charge in [-0.1, -0.05) is 25.1 Å². The number of halogens is 2. The summed E-state index contributed by atoms with van der Waals surface area (Å²) in [7, 11) is 0. The zero-order valence-corrected chi connectivity index (χ0v) is 20.0. The minimum Gasteiger partial charge on any atom is -0.355 e. The third-order valence-corrected chi connectivity index (χ3v) is 7.18. The fourth-order valence-electron chi connectivity index (χ4n) is 4.87. The Morgan fingerprint density at radius 3 is 2.69 bits per heavy atom. The molecule has 1 unspecified atom stereocenters. The summed E-state index contributed by atoms with van der Waals surface area (Å²) in [5, 5.41) is 9.16. The van der Waals surface area contributed by atoms with Crippen LogP contribution in [-0.4, -0.2) is 39.1 Å². The monoisotopic (exact) mass is 487 g/mol. The third-order valence-electron chi connectivity index (χ3n) is 7.18. The number of H-pyrrole nitrogens is 1. The molecule has 1 aromatic carbocycles. The number of allylic oxidation sites excluding steroid dienone is 4. The van der Waals surface area contributed by atoms with Crippen LogP contribution in [0.4, 0.5) is 14.6 Å². The van der Waals surface area contributed by atoms with Gasteiger partial charge in [0.15, 0.2) is 0 Å².